The summed E-state index contributed by atoms with van der Waals surface area (Å²) in [6.45, 7) is 1.44. The van der Waals surface area contributed by atoms with Crippen molar-refractivity contribution in [1.82, 2.24) is 9.78 Å². The first-order valence-corrected chi connectivity index (χ1v) is 15.0. The number of halogens is 6. The van der Waals surface area contributed by atoms with Crippen LogP contribution in [-0.2, 0) is 14.3 Å². The predicted octanol–water partition coefficient (Wildman–Crippen LogP) is 6.93. The number of anilines is 1. The normalized spacial score (nSPS) is 18.0. The first-order chi connectivity index (χ1) is 21.3. The fourth-order valence-corrected chi connectivity index (χ4v) is 6.16. The summed E-state index contributed by atoms with van der Waals surface area (Å²) in [5.74, 6) is -2.47. The van der Waals surface area contributed by atoms with Crippen molar-refractivity contribution in [1.29, 1.82) is 0 Å². The molecule has 1 fully saturated rings. The van der Waals surface area contributed by atoms with Crippen LogP contribution in [0.4, 0.5) is 5.69 Å². The Balaban J connectivity index is 1.48. The van der Waals surface area contributed by atoms with Crippen LogP contribution >= 0.6 is 69.6 Å². The summed E-state index contributed by atoms with van der Waals surface area (Å²) in [6.07, 6.45) is 4.83. The fourth-order valence-electron chi connectivity index (χ4n) is 4.20. The van der Waals surface area contributed by atoms with Crippen LogP contribution in [0.25, 0.3) is 11.8 Å². The van der Waals surface area contributed by atoms with Crippen molar-refractivity contribution in [2.24, 2.45) is 5.10 Å². The molecule has 1 saturated heterocycles. The molecule has 3 heterocycles. The van der Waals surface area contributed by atoms with E-state index in [1.807, 2.05) is 0 Å². The van der Waals surface area contributed by atoms with Crippen LogP contribution in [0.3, 0.4) is 0 Å². The lowest BCUT2D eigenvalue weighted by molar-refractivity contribution is -0.115. The van der Waals surface area contributed by atoms with E-state index in [1.54, 1.807) is 0 Å². The number of carbonyl (C=O) groups is 3. The maximum atomic E-state index is 13.4. The molecule has 0 spiro atoms. The van der Waals surface area contributed by atoms with Crippen LogP contribution in [0.2, 0.25) is 30.1 Å². The monoisotopic (exact) mass is 728 g/mol. The van der Waals surface area contributed by atoms with E-state index in [4.69, 9.17) is 74.3 Å². The molecular weight excluding hydrogens is 713 g/mol. The maximum Gasteiger partial charge on any atom is 0.281 e. The van der Waals surface area contributed by atoms with Crippen molar-refractivity contribution in [3.63, 3.8) is 0 Å². The van der Waals surface area contributed by atoms with Gasteiger partial charge >= 0.3 is 0 Å². The van der Waals surface area contributed by atoms with Gasteiger partial charge in [-0.1, -0.05) is 87.8 Å². The fraction of sp³-hybridized carbons (Fsp3) is 0.138. The molecule has 0 bridgehead atoms. The van der Waals surface area contributed by atoms with Gasteiger partial charge in [-0.2, -0.15) is 19.9 Å². The second kappa shape index (κ2) is 13.3. The van der Waals surface area contributed by atoms with Gasteiger partial charge < -0.3 is 14.9 Å². The molecule has 10 nitrogen and oxygen atoms in total. The lowest BCUT2D eigenvalue weighted by Gasteiger charge is -2.15. The Morgan fingerprint density at radius 1 is 0.956 bits per heavy atom. The number of carbonyl (C=O) groups excluding carboxylic acids is 3. The highest BCUT2D eigenvalue weighted by Gasteiger charge is 2.43. The van der Waals surface area contributed by atoms with Gasteiger partial charge in [-0.3, -0.25) is 14.4 Å². The molecule has 2 aliphatic rings. The number of aromatic nitrogens is 2. The lowest BCUT2D eigenvalue weighted by atomic mass is 10.0. The quantitative estimate of drug-likeness (QED) is 0.105. The number of rotatable bonds is 9. The van der Waals surface area contributed by atoms with Gasteiger partial charge in [0.15, 0.2) is 0 Å². The number of aliphatic hydroxyl groups excluding tert-OH is 1. The Kier molecular flexibility index (Phi) is 9.79. The second-order valence-corrected chi connectivity index (χ2v) is 12.1. The number of amides is 1. The minimum Gasteiger partial charge on any atom is -0.493 e. The van der Waals surface area contributed by atoms with Crippen LogP contribution in [0, 0.1) is 0 Å². The summed E-state index contributed by atoms with van der Waals surface area (Å²) >= 11 is 37.2. The van der Waals surface area contributed by atoms with Gasteiger partial charge in [-0.05, 0) is 43.3 Å². The zero-order valence-corrected chi connectivity index (χ0v) is 27.2. The van der Waals surface area contributed by atoms with Crippen molar-refractivity contribution in [2.45, 2.75) is 19.1 Å². The number of Topliss-reactive ketones (excluding diaryl/α,β-unsaturated/α-hetero) is 2. The van der Waals surface area contributed by atoms with Crippen LogP contribution in [0.1, 0.15) is 23.0 Å². The van der Waals surface area contributed by atoms with Crippen molar-refractivity contribution >= 4 is 105 Å². The largest absolute Gasteiger partial charge is 0.493 e. The number of nitrogens with zero attached hydrogens (tertiary/aromatic N) is 4. The molecule has 3 aromatic rings. The molecule has 1 amide bonds. The highest BCUT2D eigenvalue weighted by Crippen LogP contribution is 2.40. The van der Waals surface area contributed by atoms with Gasteiger partial charge in [-0.15, -0.1) is 0 Å². The standard InChI is InChI=1S/C29H18Cl6N4O6/c1-12(40)26(41)22-15(28(43)38(36-22)24-17(32)7-13(30)8-18(24)33)5-3-2-4-6-16-23(27(42)21-11-45-21)37-39(29(16)44)25-19(34)9-14(31)10-20(25)35/h2-10,12,21,40,43H,11H2,1H3/b4-2+,5-3+,16-6-. The van der Waals surface area contributed by atoms with Crippen molar-refractivity contribution in [3.05, 3.63) is 95.5 Å². The lowest BCUT2D eigenvalue weighted by Crippen LogP contribution is -2.24. The van der Waals surface area contributed by atoms with Gasteiger partial charge in [0.25, 0.3) is 5.91 Å². The molecule has 2 aliphatic heterocycles. The third-order valence-corrected chi connectivity index (χ3v) is 7.97. The molecule has 0 saturated carbocycles. The zero-order valence-electron chi connectivity index (χ0n) is 22.6. The number of benzene rings is 2. The average molecular weight is 731 g/mol. The third kappa shape index (κ3) is 6.70. The maximum absolute atomic E-state index is 13.4. The van der Waals surface area contributed by atoms with Gasteiger partial charge in [0.05, 0.1) is 37.8 Å². The molecular formula is C29H18Cl6N4O6. The number of ether oxygens (including phenoxy) is 1. The van der Waals surface area contributed by atoms with Gasteiger partial charge in [-0.25, -0.2) is 0 Å². The number of hydrazone groups is 1. The molecule has 1 aromatic heterocycles. The van der Waals surface area contributed by atoms with Crippen LogP contribution < -0.4 is 5.01 Å². The van der Waals surface area contributed by atoms with Gasteiger partial charge in [0, 0.05) is 10.0 Å². The summed E-state index contributed by atoms with van der Waals surface area (Å²) in [5, 5.41) is 30.9. The molecule has 2 N–H and O–H groups in total. The minimum atomic E-state index is -1.44. The summed E-state index contributed by atoms with van der Waals surface area (Å²) in [7, 11) is 0. The van der Waals surface area contributed by atoms with E-state index in [2.05, 4.69) is 10.2 Å². The van der Waals surface area contributed by atoms with E-state index < -0.39 is 35.6 Å². The first-order valence-electron chi connectivity index (χ1n) is 12.8. The molecule has 5 rings (SSSR count). The number of allylic oxidation sites excluding steroid dienone is 4. The first kappa shape index (κ1) is 33.2. The summed E-state index contributed by atoms with van der Waals surface area (Å²) in [6, 6.07) is 5.53. The number of epoxide rings is 1. The van der Waals surface area contributed by atoms with E-state index in [0.717, 1.165) is 9.69 Å². The molecule has 2 aromatic carbocycles. The number of hydrogen-bond donors (Lipinski definition) is 2. The van der Waals surface area contributed by atoms with Gasteiger partial charge in [0.2, 0.25) is 17.4 Å². The Hall–Kier alpha value is -3.19. The van der Waals surface area contributed by atoms with E-state index in [9.17, 15) is 24.6 Å². The van der Waals surface area contributed by atoms with Crippen molar-refractivity contribution < 1.29 is 29.3 Å². The summed E-state index contributed by atoms with van der Waals surface area (Å²) in [4.78, 5) is 39.0. The molecule has 0 radical (unpaired) electrons. The van der Waals surface area contributed by atoms with Crippen LogP contribution in [0.5, 0.6) is 5.88 Å². The third-order valence-electron chi connectivity index (χ3n) is 6.38. The molecule has 45 heavy (non-hydrogen) atoms. The SMILES string of the molecule is CC(O)C(=O)c1nn(-c2c(Cl)cc(Cl)cc2Cl)c(O)c1/C=C/C=C/C=C1\C(=O)N(c2c(Cl)cc(Cl)cc2Cl)N=C1C(=O)C1CO1. The molecule has 232 valence electrons. The van der Waals surface area contributed by atoms with E-state index in [1.165, 1.54) is 61.6 Å². The molecule has 16 heteroatoms. The van der Waals surface area contributed by atoms with Crippen LogP contribution in [-0.4, -0.2) is 62.0 Å². The Morgan fingerprint density at radius 3 is 2.04 bits per heavy atom. The molecule has 0 aliphatic carbocycles. The average Bonchev–Trinajstić information content (AvgIpc) is 3.69. The Morgan fingerprint density at radius 2 is 1.51 bits per heavy atom. The second-order valence-electron chi connectivity index (χ2n) is 9.55. The highest BCUT2D eigenvalue weighted by atomic mass is 35.5. The summed E-state index contributed by atoms with van der Waals surface area (Å²) in [5.41, 5.74) is -0.436. The topological polar surface area (TPSA) is 138 Å². The smallest absolute Gasteiger partial charge is 0.281 e. The zero-order chi connectivity index (χ0) is 32.7. The van der Waals surface area contributed by atoms with E-state index in [0.29, 0.717) is 0 Å². The number of ketones is 2. The Bertz CT molecular complexity index is 1850. The van der Waals surface area contributed by atoms with Crippen molar-refractivity contribution in [2.75, 3.05) is 11.6 Å². The highest BCUT2D eigenvalue weighted by molar-refractivity contribution is 6.57. The molecule has 2 atom stereocenters. The number of hydrogen-bond acceptors (Lipinski definition) is 8. The van der Waals surface area contributed by atoms with Crippen LogP contribution in [0.15, 0.2) is 59.2 Å². The predicted molar refractivity (Wildman–Crippen MR) is 174 cm³/mol. The molecule has 2 unspecified atom stereocenters. The van der Waals surface area contributed by atoms with E-state index in [-0.39, 0.29) is 70.7 Å². The Labute approximate surface area is 285 Å². The van der Waals surface area contributed by atoms with E-state index >= 15 is 0 Å². The van der Waals surface area contributed by atoms with Gasteiger partial charge in [0.1, 0.15) is 35.0 Å². The number of aromatic hydroxyl groups is 1. The minimum absolute atomic E-state index is 0.0443. The van der Waals surface area contributed by atoms with Crippen molar-refractivity contribution in [3.8, 4) is 11.6 Å². The summed E-state index contributed by atoms with van der Waals surface area (Å²) < 4.78 is 6.04. The number of aliphatic hydroxyl groups is 1.